The molecule has 0 atom stereocenters. The van der Waals surface area contributed by atoms with Gasteiger partial charge in [0.15, 0.2) is 0 Å². The van der Waals surface area contributed by atoms with Crippen LogP contribution in [0.25, 0.3) is 64.0 Å². The monoisotopic (exact) mass is 567 g/mol. The second-order valence-electron chi connectivity index (χ2n) is 10.9. The van der Waals surface area contributed by atoms with E-state index in [9.17, 15) is 0 Å². The van der Waals surface area contributed by atoms with Crippen LogP contribution in [0.3, 0.4) is 0 Å². The van der Waals surface area contributed by atoms with Gasteiger partial charge in [-0.05, 0) is 71.1 Å². The molecule has 9 rings (SSSR count). The lowest BCUT2D eigenvalue weighted by Gasteiger charge is -2.27. The number of benzene rings is 7. The molecular weight excluding hydrogens is 543 g/mol. The molecule has 0 aliphatic carbocycles. The van der Waals surface area contributed by atoms with Crippen molar-refractivity contribution >= 4 is 81.3 Å². The van der Waals surface area contributed by atoms with Crippen molar-refractivity contribution in [1.29, 1.82) is 0 Å². The van der Waals surface area contributed by atoms with Crippen LogP contribution in [-0.4, -0.2) is 0 Å². The molecule has 0 unspecified atom stereocenters. The molecule has 0 radical (unpaired) electrons. The Bertz CT molecular complexity index is 2450. The first-order chi connectivity index (χ1) is 21.3. The average molecular weight is 568 g/mol. The molecule has 0 N–H and O–H groups in total. The lowest BCUT2D eigenvalue weighted by atomic mass is 9.98. The first-order valence-electron chi connectivity index (χ1n) is 14.5. The van der Waals surface area contributed by atoms with Gasteiger partial charge in [-0.1, -0.05) is 97.1 Å². The Morgan fingerprint density at radius 2 is 1.16 bits per heavy atom. The van der Waals surface area contributed by atoms with Crippen LogP contribution in [-0.2, 0) is 0 Å². The lowest BCUT2D eigenvalue weighted by Crippen LogP contribution is -2.10. The van der Waals surface area contributed by atoms with Gasteiger partial charge in [-0.3, -0.25) is 0 Å². The molecule has 202 valence electrons. The zero-order valence-electron chi connectivity index (χ0n) is 23.2. The predicted molar refractivity (Wildman–Crippen MR) is 184 cm³/mol. The van der Waals surface area contributed by atoms with Crippen molar-refractivity contribution in [3.63, 3.8) is 0 Å². The van der Waals surface area contributed by atoms with Crippen molar-refractivity contribution in [2.75, 3.05) is 4.90 Å². The fourth-order valence-corrected chi connectivity index (χ4v) is 7.65. The molecule has 7 aromatic carbocycles. The van der Waals surface area contributed by atoms with E-state index >= 15 is 0 Å². The standard InChI is InChI=1S/C40H25NOS/c1-2-12-28(13-3-1)41(34-17-8-11-26-10-4-5-14-30(26)34)29-22-20-27(21-23-29)31-16-9-19-36-38(31)39-37(43-36)25-24-33-32-15-6-7-18-35(32)42-40(33)39/h1-25H. The van der Waals surface area contributed by atoms with Gasteiger partial charge in [0.1, 0.15) is 11.2 Å². The second-order valence-corrected chi connectivity index (χ2v) is 12.0. The molecule has 0 bridgehead atoms. The second kappa shape index (κ2) is 9.59. The molecule has 0 saturated heterocycles. The molecule has 0 amide bonds. The van der Waals surface area contributed by atoms with E-state index in [1.165, 1.54) is 47.5 Å². The minimum absolute atomic E-state index is 0.931. The fourth-order valence-electron chi connectivity index (χ4n) is 6.52. The average Bonchev–Trinajstić information content (AvgIpc) is 3.64. The Labute approximate surface area is 252 Å². The summed E-state index contributed by atoms with van der Waals surface area (Å²) in [5.41, 5.74) is 7.72. The largest absolute Gasteiger partial charge is 0.455 e. The van der Waals surface area contributed by atoms with E-state index in [4.69, 9.17) is 4.42 Å². The Balaban J connectivity index is 1.23. The highest BCUT2D eigenvalue weighted by atomic mass is 32.1. The fraction of sp³-hybridized carbons (Fsp3) is 0. The summed E-state index contributed by atoms with van der Waals surface area (Å²) in [6.07, 6.45) is 0. The van der Waals surface area contributed by atoms with Gasteiger partial charge in [-0.2, -0.15) is 0 Å². The van der Waals surface area contributed by atoms with Crippen molar-refractivity contribution < 1.29 is 4.42 Å². The Morgan fingerprint density at radius 1 is 0.465 bits per heavy atom. The van der Waals surface area contributed by atoms with Crippen LogP contribution in [0.1, 0.15) is 0 Å². The molecule has 43 heavy (non-hydrogen) atoms. The summed E-state index contributed by atoms with van der Waals surface area (Å²) in [4.78, 5) is 2.35. The first-order valence-corrected chi connectivity index (χ1v) is 15.3. The number of furan rings is 1. The maximum atomic E-state index is 6.51. The summed E-state index contributed by atoms with van der Waals surface area (Å²) in [5.74, 6) is 0. The molecule has 0 fully saturated rings. The van der Waals surface area contributed by atoms with Crippen molar-refractivity contribution in [2.45, 2.75) is 0 Å². The third kappa shape index (κ3) is 3.79. The highest BCUT2D eigenvalue weighted by Gasteiger charge is 2.19. The number of rotatable bonds is 4. The van der Waals surface area contributed by atoms with Crippen LogP contribution in [0.2, 0.25) is 0 Å². The third-order valence-corrected chi connectivity index (χ3v) is 9.58. The van der Waals surface area contributed by atoms with Gasteiger partial charge in [0, 0.05) is 47.7 Å². The van der Waals surface area contributed by atoms with Gasteiger partial charge < -0.3 is 9.32 Å². The van der Waals surface area contributed by atoms with E-state index in [1.54, 1.807) is 0 Å². The van der Waals surface area contributed by atoms with Gasteiger partial charge in [0.25, 0.3) is 0 Å². The molecule has 2 aromatic heterocycles. The van der Waals surface area contributed by atoms with Gasteiger partial charge in [-0.25, -0.2) is 0 Å². The van der Waals surface area contributed by atoms with Crippen LogP contribution in [0.15, 0.2) is 156 Å². The maximum absolute atomic E-state index is 6.51. The SMILES string of the molecule is c1ccc(N(c2ccc(-c3cccc4sc5ccc6c7ccccc7oc6c5c34)cc2)c2cccc3ccccc23)cc1. The van der Waals surface area contributed by atoms with Crippen molar-refractivity contribution in [3.8, 4) is 11.1 Å². The Kier molecular flexibility index (Phi) is 5.40. The topological polar surface area (TPSA) is 16.4 Å². The quantitative estimate of drug-likeness (QED) is 0.210. The maximum Gasteiger partial charge on any atom is 0.144 e. The summed E-state index contributed by atoms with van der Waals surface area (Å²) in [6, 6.07) is 54.2. The number of nitrogens with zero attached hydrogens (tertiary/aromatic N) is 1. The third-order valence-electron chi connectivity index (χ3n) is 8.46. The Hall–Kier alpha value is -5.38. The summed E-state index contributed by atoms with van der Waals surface area (Å²) >= 11 is 1.83. The highest BCUT2D eigenvalue weighted by molar-refractivity contribution is 7.26. The molecule has 0 aliphatic rings. The van der Waals surface area contributed by atoms with Crippen LogP contribution in [0, 0.1) is 0 Å². The molecule has 2 nitrogen and oxygen atoms in total. The van der Waals surface area contributed by atoms with Gasteiger partial charge >= 0.3 is 0 Å². The predicted octanol–water partition coefficient (Wildman–Crippen LogP) is 12.2. The summed E-state index contributed by atoms with van der Waals surface area (Å²) in [5, 5.41) is 7.24. The summed E-state index contributed by atoms with van der Waals surface area (Å²) in [6.45, 7) is 0. The summed E-state index contributed by atoms with van der Waals surface area (Å²) < 4.78 is 9.02. The van der Waals surface area contributed by atoms with Crippen molar-refractivity contribution in [2.24, 2.45) is 0 Å². The van der Waals surface area contributed by atoms with E-state index in [2.05, 4.69) is 150 Å². The van der Waals surface area contributed by atoms with E-state index < -0.39 is 0 Å². The highest BCUT2D eigenvalue weighted by Crippen LogP contribution is 2.46. The summed E-state index contributed by atoms with van der Waals surface area (Å²) in [7, 11) is 0. The smallest absolute Gasteiger partial charge is 0.144 e. The van der Waals surface area contributed by atoms with Gasteiger partial charge in [0.05, 0.1) is 5.69 Å². The van der Waals surface area contributed by atoms with E-state index in [1.807, 2.05) is 17.4 Å². The minimum atomic E-state index is 0.931. The molecule has 0 aliphatic heterocycles. The number of thiophene rings is 1. The normalized spacial score (nSPS) is 11.7. The van der Waals surface area contributed by atoms with Crippen molar-refractivity contribution in [1.82, 2.24) is 0 Å². The number of anilines is 3. The molecule has 0 spiro atoms. The molecule has 2 heterocycles. The lowest BCUT2D eigenvalue weighted by molar-refractivity contribution is 0.673. The molecule has 3 heteroatoms. The molecule has 9 aromatic rings. The van der Waals surface area contributed by atoms with Crippen LogP contribution >= 0.6 is 11.3 Å². The van der Waals surface area contributed by atoms with E-state index in [0.29, 0.717) is 0 Å². The first kappa shape index (κ1) is 24.2. The zero-order chi connectivity index (χ0) is 28.3. The van der Waals surface area contributed by atoms with Gasteiger partial charge in [0.2, 0.25) is 0 Å². The van der Waals surface area contributed by atoms with Crippen molar-refractivity contribution in [3.05, 3.63) is 152 Å². The number of hydrogen-bond donors (Lipinski definition) is 0. The van der Waals surface area contributed by atoms with Crippen LogP contribution in [0.5, 0.6) is 0 Å². The van der Waals surface area contributed by atoms with E-state index in [0.717, 1.165) is 33.6 Å². The number of para-hydroxylation sites is 2. The molecular formula is C40H25NOS. The Morgan fingerprint density at radius 3 is 2.05 bits per heavy atom. The minimum Gasteiger partial charge on any atom is -0.455 e. The van der Waals surface area contributed by atoms with Crippen LogP contribution in [0.4, 0.5) is 17.1 Å². The van der Waals surface area contributed by atoms with E-state index in [-0.39, 0.29) is 0 Å². The van der Waals surface area contributed by atoms with Crippen LogP contribution < -0.4 is 4.90 Å². The van der Waals surface area contributed by atoms with Gasteiger partial charge in [-0.15, -0.1) is 11.3 Å². The zero-order valence-corrected chi connectivity index (χ0v) is 24.0. The number of hydrogen-bond acceptors (Lipinski definition) is 3. The molecule has 0 saturated carbocycles. The number of fused-ring (bicyclic) bond motifs is 8.